The maximum Gasteiger partial charge on any atom is 0.258 e. The summed E-state index contributed by atoms with van der Waals surface area (Å²) in [6.07, 6.45) is 2.53. The fourth-order valence-corrected chi connectivity index (χ4v) is 4.09. The molecule has 4 rings (SSSR count). The number of benzene rings is 2. The van der Waals surface area contributed by atoms with Crippen LogP contribution < -0.4 is 20.3 Å². The topological polar surface area (TPSA) is 64.9 Å². The van der Waals surface area contributed by atoms with Crippen LogP contribution in [0, 0.1) is 0 Å². The molecule has 2 heterocycles. The van der Waals surface area contributed by atoms with Crippen LogP contribution in [0.5, 0.6) is 11.5 Å². The number of methoxy groups -OCH3 is 2. The van der Waals surface area contributed by atoms with Crippen molar-refractivity contribution < 1.29 is 9.47 Å². The average Bonchev–Trinajstić information content (AvgIpc) is 3.26. The molecule has 1 N–H and O–H groups in total. The normalized spacial score (nSPS) is 12.1. The van der Waals surface area contributed by atoms with E-state index in [0.29, 0.717) is 11.5 Å². The third-order valence-corrected chi connectivity index (χ3v) is 5.76. The molecule has 1 unspecified atom stereocenters. The highest BCUT2D eigenvalue weighted by atomic mass is 32.1. The van der Waals surface area contributed by atoms with E-state index in [0.717, 1.165) is 29.2 Å². The Morgan fingerprint density at radius 2 is 1.70 bits per heavy atom. The molecule has 30 heavy (non-hydrogen) atoms. The molecule has 4 aromatic rings. The summed E-state index contributed by atoms with van der Waals surface area (Å²) in [4.78, 5) is 17.6. The van der Waals surface area contributed by atoms with Gasteiger partial charge in [0.2, 0.25) is 0 Å². The lowest BCUT2D eigenvalue weighted by Gasteiger charge is -2.20. The summed E-state index contributed by atoms with van der Waals surface area (Å²) in [7, 11) is 3.32. The van der Waals surface area contributed by atoms with Gasteiger partial charge in [-0.15, -0.1) is 11.3 Å². The number of hydrogen-bond acceptors (Lipinski definition) is 6. The Bertz CT molecular complexity index is 1170. The largest absolute Gasteiger partial charge is 0.497 e. The second-order valence-corrected chi connectivity index (χ2v) is 7.77. The van der Waals surface area contributed by atoms with Crippen LogP contribution in [0.15, 0.2) is 71.0 Å². The molecule has 0 aliphatic carbocycles. The number of hydrogen-bond donors (Lipinski definition) is 1. The first-order chi connectivity index (χ1) is 14.7. The van der Waals surface area contributed by atoms with Gasteiger partial charge in [-0.1, -0.05) is 24.3 Å². The van der Waals surface area contributed by atoms with E-state index in [-0.39, 0.29) is 11.6 Å². The van der Waals surface area contributed by atoms with Gasteiger partial charge in [-0.2, -0.15) is 0 Å². The minimum Gasteiger partial charge on any atom is -0.497 e. The van der Waals surface area contributed by atoms with Crippen molar-refractivity contribution in [3.05, 3.63) is 93.3 Å². The Kier molecular flexibility index (Phi) is 6.11. The molecule has 0 amide bonds. The van der Waals surface area contributed by atoms with Gasteiger partial charge in [0.25, 0.3) is 5.56 Å². The number of ether oxygens (including phenoxy) is 2. The first-order valence-electron chi connectivity index (χ1n) is 9.62. The van der Waals surface area contributed by atoms with E-state index in [1.54, 1.807) is 30.9 Å². The number of rotatable bonds is 8. The molecule has 0 fully saturated rings. The summed E-state index contributed by atoms with van der Waals surface area (Å²) < 4.78 is 12.1. The van der Waals surface area contributed by atoms with Crippen LogP contribution in [-0.4, -0.2) is 23.6 Å². The second-order valence-electron chi connectivity index (χ2n) is 6.90. The Morgan fingerprint density at radius 3 is 2.37 bits per heavy atom. The SMILES string of the molecule is COc1ccc(CC(NCc2cc(=O)n3ccsc3n2)c2ccc(OC)cc2)cc1. The molecule has 2 aromatic carbocycles. The lowest BCUT2D eigenvalue weighted by Crippen LogP contribution is -2.25. The van der Waals surface area contributed by atoms with Gasteiger partial charge in [0.05, 0.1) is 19.9 Å². The molecule has 1 atom stereocenters. The molecule has 0 aliphatic heterocycles. The van der Waals surface area contributed by atoms with E-state index in [4.69, 9.17) is 9.47 Å². The molecule has 6 nitrogen and oxygen atoms in total. The average molecular weight is 422 g/mol. The van der Waals surface area contributed by atoms with Crippen molar-refractivity contribution in [3.63, 3.8) is 0 Å². The van der Waals surface area contributed by atoms with E-state index in [2.05, 4.69) is 34.6 Å². The first kappa shape index (κ1) is 20.1. The van der Waals surface area contributed by atoms with Gasteiger partial charge in [0.1, 0.15) is 11.5 Å². The Labute approximate surface area is 178 Å². The van der Waals surface area contributed by atoms with Crippen molar-refractivity contribution in [1.82, 2.24) is 14.7 Å². The van der Waals surface area contributed by atoms with E-state index in [1.807, 2.05) is 29.6 Å². The Morgan fingerprint density at radius 1 is 1.03 bits per heavy atom. The van der Waals surface area contributed by atoms with Crippen LogP contribution in [0.1, 0.15) is 22.9 Å². The van der Waals surface area contributed by atoms with Crippen LogP contribution in [0.4, 0.5) is 0 Å². The van der Waals surface area contributed by atoms with Crippen LogP contribution in [0.25, 0.3) is 4.96 Å². The minimum atomic E-state index is -0.0609. The molecular weight excluding hydrogens is 398 g/mol. The van der Waals surface area contributed by atoms with Crippen molar-refractivity contribution in [2.75, 3.05) is 14.2 Å². The highest BCUT2D eigenvalue weighted by Gasteiger charge is 2.14. The maximum atomic E-state index is 12.3. The number of fused-ring (bicyclic) bond motifs is 1. The Hall–Kier alpha value is -3.16. The zero-order valence-electron chi connectivity index (χ0n) is 16.9. The zero-order chi connectivity index (χ0) is 20.9. The monoisotopic (exact) mass is 421 g/mol. The lowest BCUT2D eigenvalue weighted by atomic mass is 9.98. The number of nitrogens with zero attached hydrogens (tertiary/aromatic N) is 2. The lowest BCUT2D eigenvalue weighted by molar-refractivity contribution is 0.413. The predicted octanol–water partition coefficient (Wildman–Crippen LogP) is 3.85. The van der Waals surface area contributed by atoms with Gasteiger partial charge in [-0.25, -0.2) is 4.98 Å². The molecule has 2 aromatic heterocycles. The van der Waals surface area contributed by atoms with Gasteiger partial charge in [0, 0.05) is 30.2 Å². The van der Waals surface area contributed by atoms with Gasteiger partial charge < -0.3 is 14.8 Å². The van der Waals surface area contributed by atoms with Gasteiger partial charge in [0.15, 0.2) is 4.96 Å². The molecule has 0 bridgehead atoms. The van der Waals surface area contributed by atoms with E-state index < -0.39 is 0 Å². The van der Waals surface area contributed by atoms with Gasteiger partial charge in [-0.05, 0) is 41.8 Å². The van der Waals surface area contributed by atoms with Crippen LogP contribution in [0.2, 0.25) is 0 Å². The van der Waals surface area contributed by atoms with E-state index in [1.165, 1.54) is 16.9 Å². The van der Waals surface area contributed by atoms with Crippen molar-refractivity contribution in [3.8, 4) is 11.5 Å². The zero-order valence-corrected chi connectivity index (χ0v) is 17.7. The third-order valence-electron chi connectivity index (χ3n) is 5.00. The van der Waals surface area contributed by atoms with E-state index >= 15 is 0 Å². The third kappa shape index (κ3) is 4.53. The molecule has 7 heteroatoms. The summed E-state index contributed by atoms with van der Waals surface area (Å²) in [6, 6.07) is 17.7. The highest BCUT2D eigenvalue weighted by molar-refractivity contribution is 7.15. The summed E-state index contributed by atoms with van der Waals surface area (Å²) in [6.45, 7) is 0.497. The molecule has 0 saturated heterocycles. The van der Waals surface area contributed by atoms with E-state index in [9.17, 15) is 4.79 Å². The van der Waals surface area contributed by atoms with Crippen molar-refractivity contribution >= 4 is 16.3 Å². The quantitative estimate of drug-likeness (QED) is 0.468. The number of thiazole rings is 1. The van der Waals surface area contributed by atoms with Crippen molar-refractivity contribution in [2.45, 2.75) is 19.0 Å². The molecule has 0 radical (unpaired) electrons. The van der Waals surface area contributed by atoms with Gasteiger partial charge in [-0.3, -0.25) is 9.20 Å². The Balaban J connectivity index is 1.56. The molecule has 154 valence electrons. The summed E-state index contributed by atoms with van der Waals surface area (Å²) in [5.41, 5.74) is 3.00. The van der Waals surface area contributed by atoms with Crippen LogP contribution in [-0.2, 0) is 13.0 Å². The van der Waals surface area contributed by atoms with Gasteiger partial charge >= 0.3 is 0 Å². The number of nitrogens with one attached hydrogen (secondary N) is 1. The maximum absolute atomic E-state index is 12.3. The molecular formula is C23H23N3O3S. The summed E-state index contributed by atoms with van der Waals surface area (Å²) in [5.74, 6) is 1.65. The molecule has 0 saturated carbocycles. The summed E-state index contributed by atoms with van der Waals surface area (Å²) >= 11 is 1.45. The smallest absolute Gasteiger partial charge is 0.258 e. The molecule has 0 spiro atoms. The molecule has 0 aliphatic rings. The first-order valence-corrected chi connectivity index (χ1v) is 10.5. The van der Waals surface area contributed by atoms with Crippen LogP contribution in [0.3, 0.4) is 0 Å². The number of aromatic nitrogens is 2. The second kappa shape index (κ2) is 9.11. The fourth-order valence-electron chi connectivity index (χ4n) is 3.35. The van der Waals surface area contributed by atoms with Crippen LogP contribution >= 0.6 is 11.3 Å². The predicted molar refractivity (Wildman–Crippen MR) is 119 cm³/mol. The highest BCUT2D eigenvalue weighted by Crippen LogP contribution is 2.23. The van der Waals surface area contributed by atoms with Crippen molar-refractivity contribution in [1.29, 1.82) is 0 Å². The fraction of sp³-hybridized carbons (Fsp3) is 0.217. The standard InChI is InChI=1S/C23H23N3O3S/c1-28-19-7-3-16(4-8-19)13-21(17-5-9-20(29-2)10-6-17)24-15-18-14-22(27)26-11-12-30-23(26)25-18/h3-12,14,21,24H,13,15H2,1-2H3. The summed E-state index contributed by atoms with van der Waals surface area (Å²) in [5, 5.41) is 5.44. The van der Waals surface area contributed by atoms with Crippen molar-refractivity contribution in [2.24, 2.45) is 0 Å². The minimum absolute atomic E-state index is 0.0490.